The van der Waals surface area contributed by atoms with Gasteiger partial charge in [0.1, 0.15) is 5.76 Å². The number of hydrogen-bond donors (Lipinski definition) is 1. The Morgan fingerprint density at radius 3 is 2.71 bits per heavy atom. The molecule has 2 nitrogen and oxygen atoms in total. The molecule has 0 fully saturated rings. The lowest BCUT2D eigenvalue weighted by Gasteiger charge is -2.09. The zero-order valence-corrected chi connectivity index (χ0v) is 11.1. The first-order valence-corrected chi connectivity index (χ1v) is 6.12. The van der Waals surface area contributed by atoms with Crippen LogP contribution >= 0.6 is 15.9 Å². The summed E-state index contributed by atoms with van der Waals surface area (Å²) in [5.74, 6) is -1.25. The maximum atomic E-state index is 13.6. The number of benzene rings is 1. The Morgan fingerprint density at radius 1 is 1.41 bits per heavy atom. The van der Waals surface area contributed by atoms with Gasteiger partial charge in [-0.2, -0.15) is 4.39 Å². The van der Waals surface area contributed by atoms with E-state index in [1.165, 1.54) is 0 Å². The first-order valence-electron chi connectivity index (χ1n) is 5.32. The van der Waals surface area contributed by atoms with E-state index in [0.29, 0.717) is 15.6 Å². The monoisotopic (exact) mass is 303 g/mol. The van der Waals surface area contributed by atoms with E-state index in [2.05, 4.69) is 21.2 Å². The van der Waals surface area contributed by atoms with Crippen LogP contribution in [0.1, 0.15) is 25.1 Å². The quantitative estimate of drug-likeness (QED) is 0.862. The van der Waals surface area contributed by atoms with E-state index in [1.54, 1.807) is 13.1 Å². The molecule has 0 amide bonds. The van der Waals surface area contributed by atoms with Crippen LogP contribution in [-0.4, -0.2) is 7.05 Å². The Hall–Kier alpha value is -0.940. The second-order valence-corrected chi connectivity index (χ2v) is 4.65. The van der Waals surface area contributed by atoms with Crippen LogP contribution in [0.5, 0.6) is 0 Å². The van der Waals surface area contributed by atoms with Gasteiger partial charge in [-0.15, -0.1) is 0 Å². The summed E-state index contributed by atoms with van der Waals surface area (Å²) >= 11 is 3.20. The molecular weight excluding hydrogens is 292 g/mol. The van der Waals surface area contributed by atoms with Crippen LogP contribution in [0.15, 0.2) is 21.0 Å². The van der Waals surface area contributed by atoms with Gasteiger partial charge in [0.15, 0.2) is 11.4 Å². The van der Waals surface area contributed by atoms with Crippen LogP contribution < -0.4 is 5.32 Å². The Labute approximate surface area is 106 Å². The fourth-order valence-corrected chi connectivity index (χ4v) is 2.33. The lowest BCUT2D eigenvalue weighted by atomic mass is 10.1. The fourth-order valence-electron chi connectivity index (χ4n) is 1.83. The van der Waals surface area contributed by atoms with Crippen molar-refractivity contribution in [1.29, 1.82) is 0 Å². The molecule has 1 aromatic carbocycles. The van der Waals surface area contributed by atoms with E-state index < -0.39 is 11.6 Å². The van der Waals surface area contributed by atoms with Crippen LogP contribution in [-0.2, 0) is 0 Å². The lowest BCUT2D eigenvalue weighted by Crippen LogP contribution is -2.14. The van der Waals surface area contributed by atoms with Crippen molar-refractivity contribution in [3.05, 3.63) is 34.0 Å². The van der Waals surface area contributed by atoms with E-state index in [4.69, 9.17) is 4.42 Å². The summed E-state index contributed by atoms with van der Waals surface area (Å²) in [6.07, 6.45) is 0.804. The smallest absolute Gasteiger partial charge is 0.201 e. The molecule has 1 atom stereocenters. The highest BCUT2D eigenvalue weighted by Gasteiger charge is 2.19. The Bertz CT molecular complexity index is 549. The van der Waals surface area contributed by atoms with Gasteiger partial charge < -0.3 is 9.73 Å². The molecule has 2 aromatic rings. The van der Waals surface area contributed by atoms with Gasteiger partial charge in [-0.1, -0.05) is 6.92 Å². The summed E-state index contributed by atoms with van der Waals surface area (Å²) in [7, 11) is 1.80. The molecule has 0 aliphatic rings. The molecule has 0 spiro atoms. The third kappa shape index (κ3) is 2.09. The van der Waals surface area contributed by atoms with Gasteiger partial charge in [0.25, 0.3) is 0 Å². The first-order chi connectivity index (χ1) is 8.08. The molecule has 1 unspecified atom stereocenters. The molecule has 1 heterocycles. The van der Waals surface area contributed by atoms with Crippen LogP contribution in [0.2, 0.25) is 0 Å². The SMILES string of the molecule is CCC(NC)c1cc2c(Br)cc(F)c(F)c2o1. The van der Waals surface area contributed by atoms with Gasteiger partial charge in [-0.25, -0.2) is 4.39 Å². The Kier molecular flexibility index (Phi) is 3.49. The van der Waals surface area contributed by atoms with Gasteiger partial charge >= 0.3 is 0 Å². The van der Waals surface area contributed by atoms with Crippen LogP contribution in [0.4, 0.5) is 8.78 Å². The van der Waals surface area contributed by atoms with Crippen molar-refractivity contribution in [2.24, 2.45) is 0 Å². The van der Waals surface area contributed by atoms with Gasteiger partial charge in [0.2, 0.25) is 5.82 Å². The second-order valence-electron chi connectivity index (χ2n) is 3.80. The van der Waals surface area contributed by atoms with Gasteiger partial charge in [0.05, 0.1) is 6.04 Å². The summed E-state index contributed by atoms with van der Waals surface area (Å²) in [6, 6.07) is 2.83. The normalized spacial score (nSPS) is 13.2. The lowest BCUT2D eigenvalue weighted by molar-refractivity contribution is 0.428. The molecule has 1 N–H and O–H groups in total. The Morgan fingerprint density at radius 2 is 2.12 bits per heavy atom. The topological polar surface area (TPSA) is 25.2 Å². The molecule has 0 saturated heterocycles. The van der Waals surface area contributed by atoms with E-state index in [0.717, 1.165) is 12.5 Å². The van der Waals surface area contributed by atoms with Crippen molar-refractivity contribution >= 4 is 26.9 Å². The highest BCUT2D eigenvalue weighted by atomic mass is 79.9. The number of hydrogen-bond acceptors (Lipinski definition) is 2. The van der Waals surface area contributed by atoms with Crippen molar-refractivity contribution < 1.29 is 13.2 Å². The van der Waals surface area contributed by atoms with E-state index in [-0.39, 0.29) is 11.6 Å². The predicted molar refractivity (Wildman–Crippen MR) is 65.9 cm³/mol. The fraction of sp³-hybridized carbons (Fsp3) is 0.333. The molecule has 0 aliphatic carbocycles. The summed E-state index contributed by atoms with van der Waals surface area (Å²) in [5.41, 5.74) is -0.0411. The molecule has 2 rings (SSSR count). The molecule has 0 aliphatic heterocycles. The maximum Gasteiger partial charge on any atom is 0.201 e. The van der Waals surface area contributed by atoms with Crippen molar-refractivity contribution in [2.75, 3.05) is 7.05 Å². The highest BCUT2D eigenvalue weighted by Crippen LogP contribution is 2.33. The summed E-state index contributed by atoms with van der Waals surface area (Å²) in [6.45, 7) is 1.99. The van der Waals surface area contributed by atoms with Gasteiger partial charge in [-0.3, -0.25) is 0 Å². The molecule has 17 heavy (non-hydrogen) atoms. The minimum atomic E-state index is -0.944. The average molecular weight is 304 g/mol. The second kappa shape index (κ2) is 4.74. The number of furan rings is 1. The Balaban J connectivity index is 2.64. The molecule has 1 aromatic heterocycles. The third-order valence-electron chi connectivity index (χ3n) is 2.77. The van der Waals surface area contributed by atoms with Crippen molar-refractivity contribution in [3.63, 3.8) is 0 Å². The molecule has 0 bridgehead atoms. The maximum absolute atomic E-state index is 13.6. The molecule has 0 saturated carbocycles. The van der Waals surface area contributed by atoms with Gasteiger partial charge in [0, 0.05) is 9.86 Å². The van der Waals surface area contributed by atoms with Crippen molar-refractivity contribution in [1.82, 2.24) is 5.32 Å². The first kappa shape index (κ1) is 12.5. The predicted octanol–water partition coefficient (Wildman–Crippen LogP) is 4.14. The van der Waals surface area contributed by atoms with Crippen molar-refractivity contribution in [2.45, 2.75) is 19.4 Å². The van der Waals surface area contributed by atoms with Crippen LogP contribution in [0.25, 0.3) is 11.0 Å². The number of fused-ring (bicyclic) bond motifs is 1. The average Bonchev–Trinajstić information content (AvgIpc) is 2.73. The number of halogens is 3. The zero-order valence-electron chi connectivity index (χ0n) is 9.48. The van der Waals surface area contributed by atoms with Gasteiger partial charge in [-0.05, 0) is 41.5 Å². The zero-order chi connectivity index (χ0) is 12.6. The highest BCUT2D eigenvalue weighted by molar-refractivity contribution is 9.10. The van der Waals surface area contributed by atoms with E-state index >= 15 is 0 Å². The summed E-state index contributed by atoms with van der Waals surface area (Å²) in [5, 5.41) is 3.61. The standard InChI is InChI=1S/C12H12BrF2NO/c1-3-9(16-2)10-4-6-7(13)5-8(14)11(15)12(6)17-10/h4-5,9,16H,3H2,1-2H3. The van der Waals surface area contributed by atoms with Crippen LogP contribution in [0, 0.1) is 11.6 Å². The minimum absolute atomic E-state index is 0.00300. The largest absolute Gasteiger partial charge is 0.456 e. The minimum Gasteiger partial charge on any atom is -0.456 e. The molecular formula is C12H12BrF2NO. The van der Waals surface area contributed by atoms with Crippen LogP contribution in [0.3, 0.4) is 0 Å². The van der Waals surface area contributed by atoms with E-state index in [9.17, 15) is 8.78 Å². The molecule has 5 heteroatoms. The van der Waals surface area contributed by atoms with E-state index in [1.807, 2.05) is 6.92 Å². The summed E-state index contributed by atoms with van der Waals surface area (Å²) < 4.78 is 32.6. The third-order valence-corrected chi connectivity index (χ3v) is 3.43. The summed E-state index contributed by atoms with van der Waals surface area (Å²) in [4.78, 5) is 0. The molecule has 92 valence electrons. The molecule has 0 radical (unpaired) electrons. The number of rotatable bonds is 3. The number of nitrogens with one attached hydrogen (secondary N) is 1. The van der Waals surface area contributed by atoms with Crippen molar-refractivity contribution in [3.8, 4) is 0 Å².